The molecule has 1 saturated carbocycles. The quantitative estimate of drug-likeness (QED) is 0.775. The van der Waals surface area contributed by atoms with E-state index in [1.54, 1.807) is 0 Å². The maximum absolute atomic E-state index is 12.0. The van der Waals surface area contributed by atoms with Crippen LogP contribution in [0.15, 0.2) is 24.3 Å². The van der Waals surface area contributed by atoms with Gasteiger partial charge in [-0.1, -0.05) is 30.7 Å². The molecule has 0 bridgehead atoms. The van der Waals surface area contributed by atoms with E-state index in [1.165, 1.54) is 12.8 Å². The third-order valence-corrected chi connectivity index (χ3v) is 3.15. The first-order chi connectivity index (χ1) is 8.79. The zero-order valence-corrected chi connectivity index (χ0v) is 10.4. The van der Waals surface area contributed by atoms with Gasteiger partial charge < -0.3 is 11.1 Å². The molecule has 3 N–H and O–H groups in total. The lowest BCUT2D eigenvalue weighted by molar-refractivity contribution is 0.0938. The molecule has 1 aliphatic carbocycles. The molecule has 0 aliphatic heterocycles. The van der Waals surface area contributed by atoms with Crippen molar-refractivity contribution in [3.63, 3.8) is 0 Å². The fraction of sp³-hybridized carbons (Fsp3) is 0.400. The van der Waals surface area contributed by atoms with Crippen LogP contribution in [-0.4, -0.2) is 18.5 Å². The summed E-state index contributed by atoms with van der Waals surface area (Å²) in [6, 6.07) is 7.71. The molecule has 1 aromatic rings. The number of amides is 1. The molecule has 1 fully saturated rings. The molecule has 0 heterocycles. The standard InChI is InChI=1S/C15H18N2O/c16-10-4-6-12-5-3-7-13(11-12)15(18)17-14-8-1-2-9-14/h3,5,7,11,14H,1-2,8-10,16H2,(H,17,18). The lowest BCUT2D eigenvalue weighted by atomic mass is 10.1. The Morgan fingerprint density at radius 2 is 2.17 bits per heavy atom. The molecule has 0 spiro atoms. The van der Waals surface area contributed by atoms with Crippen LogP contribution < -0.4 is 11.1 Å². The summed E-state index contributed by atoms with van der Waals surface area (Å²) >= 11 is 0. The molecular weight excluding hydrogens is 224 g/mol. The molecule has 3 heteroatoms. The molecule has 3 nitrogen and oxygen atoms in total. The maximum atomic E-state index is 12.0. The summed E-state index contributed by atoms with van der Waals surface area (Å²) < 4.78 is 0. The summed E-state index contributed by atoms with van der Waals surface area (Å²) in [7, 11) is 0. The Bertz CT molecular complexity index is 479. The molecule has 0 saturated heterocycles. The van der Waals surface area contributed by atoms with Crippen LogP contribution in [0.3, 0.4) is 0 Å². The van der Waals surface area contributed by atoms with E-state index in [0.29, 0.717) is 18.2 Å². The average molecular weight is 242 g/mol. The second-order valence-corrected chi connectivity index (χ2v) is 4.54. The molecule has 0 unspecified atom stereocenters. The predicted molar refractivity (Wildman–Crippen MR) is 72.1 cm³/mol. The fourth-order valence-corrected chi connectivity index (χ4v) is 2.23. The minimum Gasteiger partial charge on any atom is -0.349 e. The smallest absolute Gasteiger partial charge is 0.251 e. The van der Waals surface area contributed by atoms with E-state index in [9.17, 15) is 4.79 Å². The van der Waals surface area contributed by atoms with Crippen LogP contribution in [0.4, 0.5) is 0 Å². The van der Waals surface area contributed by atoms with E-state index in [0.717, 1.165) is 18.4 Å². The summed E-state index contributed by atoms with van der Waals surface area (Å²) in [4.78, 5) is 12.0. The van der Waals surface area contributed by atoms with Gasteiger partial charge in [0.2, 0.25) is 0 Å². The second kappa shape index (κ2) is 6.23. The van der Waals surface area contributed by atoms with Crippen molar-refractivity contribution in [1.82, 2.24) is 5.32 Å². The third-order valence-electron chi connectivity index (χ3n) is 3.15. The molecule has 1 aliphatic rings. The zero-order chi connectivity index (χ0) is 12.8. The number of rotatable bonds is 2. The molecular formula is C15H18N2O. The van der Waals surface area contributed by atoms with Gasteiger partial charge in [0.1, 0.15) is 0 Å². The van der Waals surface area contributed by atoms with Gasteiger partial charge in [0, 0.05) is 17.2 Å². The highest BCUT2D eigenvalue weighted by atomic mass is 16.1. The van der Waals surface area contributed by atoms with Gasteiger partial charge in [0.15, 0.2) is 0 Å². The lowest BCUT2D eigenvalue weighted by Gasteiger charge is -2.11. The van der Waals surface area contributed by atoms with Crippen molar-refractivity contribution in [2.24, 2.45) is 5.73 Å². The van der Waals surface area contributed by atoms with Crippen LogP contribution >= 0.6 is 0 Å². The van der Waals surface area contributed by atoms with Crippen molar-refractivity contribution in [3.05, 3.63) is 35.4 Å². The predicted octanol–water partition coefficient (Wildman–Crippen LogP) is 1.67. The molecule has 2 rings (SSSR count). The number of hydrogen-bond acceptors (Lipinski definition) is 2. The summed E-state index contributed by atoms with van der Waals surface area (Å²) in [5.41, 5.74) is 6.84. The largest absolute Gasteiger partial charge is 0.349 e. The molecule has 0 aromatic heterocycles. The van der Waals surface area contributed by atoms with Crippen LogP contribution in [0, 0.1) is 11.8 Å². The number of nitrogens with two attached hydrogens (primary N) is 1. The maximum Gasteiger partial charge on any atom is 0.251 e. The van der Waals surface area contributed by atoms with Crippen molar-refractivity contribution >= 4 is 5.91 Å². The highest BCUT2D eigenvalue weighted by Crippen LogP contribution is 2.18. The van der Waals surface area contributed by atoms with Gasteiger partial charge in [0.05, 0.1) is 6.54 Å². The van der Waals surface area contributed by atoms with Gasteiger partial charge in [-0.3, -0.25) is 4.79 Å². The third kappa shape index (κ3) is 3.35. The van der Waals surface area contributed by atoms with Crippen LogP contribution in [0.2, 0.25) is 0 Å². The summed E-state index contributed by atoms with van der Waals surface area (Å²) in [6.07, 6.45) is 4.62. The van der Waals surface area contributed by atoms with E-state index < -0.39 is 0 Å². The normalized spacial score (nSPS) is 14.9. The highest BCUT2D eigenvalue weighted by Gasteiger charge is 2.17. The monoisotopic (exact) mass is 242 g/mol. The van der Waals surface area contributed by atoms with Crippen LogP contribution in [-0.2, 0) is 0 Å². The van der Waals surface area contributed by atoms with E-state index >= 15 is 0 Å². The lowest BCUT2D eigenvalue weighted by Crippen LogP contribution is -2.32. The van der Waals surface area contributed by atoms with Gasteiger partial charge in [-0.25, -0.2) is 0 Å². The zero-order valence-electron chi connectivity index (χ0n) is 10.4. The number of hydrogen-bond donors (Lipinski definition) is 2. The SMILES string of the molecule is NCC#Cc1cccc(C(=O)NC2CCCC2)c1. The number of carbonyl (C=O) groups is 1. The van der Waals surface area contributed by atoms with Gasteiger partial charge in [-0.05, 0) is 31.0 Å². The van der Waals surface area contributed by atoms with Gasteiger partial charge >= 0.3 is 0 Å². The van der Waals surface area contributed by atoms with Gasteiger partial charge in [-0.2, -0.15) is 0 Å². The first kappa shape index (κ1) is 12.7. The first-order valence-electron chi connectivity index (χ1n) is 6.39. The Hall–Kier alpha value is -1.79. The molecule has 1 amide bonds. The van der Waals surface area contributed by atoms with E-state index in [2.05, 4.69) is 17.2 Å². The molecule has 0 radical (unpaired) electrons. The van der Waals surface area contributed by atoms with E-state index in [-0.39, 0.29) is 5.91 Å². The Morgan fingerprint density at radius 1 is 1.39 bits per heavy atom. The van der Waals surface area contributed by atoms with Crippen molar-refractivity contribution in [2.45, 2.75) is 31.7 Å². The Balaban J connectivity index is 2.05. The summed E-state index contributed by atoms with van der Waals surface area (Å²) in [5, 5.41) is 3.07. The molecule has 94 valence electrons. The second-order valence-electron chi connectivity index (χ2n) is 4.54. The highest BCUT2D eigenvalue weighted by molar-refractivity contribution is 5.94. The summed E-state index contributed by atoms with van der Waals surface area (Å²) in [5.74, 6) is 5.73. The van der Waals surface area contributed by atoms with Gasteiger partial charge in [-0.15, -0.1) is 0 Å². The first-order valence-corrected chi connectivity index (χ1v) is 6.39. The minimum atomic E-state index is -0.00158. The van der Waals surface area contributed by atoms with Crippen LogP contribution in [0.1, 0.15) is 41.6 Å². The van der Waals surface area contributed by atoms with Crippen LogP contribution in [0.25, 0.3) is 0 Å². The minimum absolute atomic E-state index is 0.00158. The summed E-state index contributed by atoms with van der Waals surface area (Å²) in [6.45, 7) is 0.332. The van der Waals surface area contributed by atoms with Crippen LogP contribution in [0.5, 0.6) is 0 Å². The Kier molecular flexibility index (Phi) is 4.38. The van der Waals surface area contributed by atoms with Crippen molar-refractivity contribution in [2.75, 3.05) is 6.54 Å². The van der Waals surface area contributed by atoms with E-state index in [1.807, 2.05) is 24.3 Å². The molecule has 1 aromatic carbocycles. The number of benzene rings is 1. The molecule has 18 heavy (non-hydrogen) atoms. The fourth-order valence-electron chi connectivity index (χ4n) is 2.23. The van der Waals surface area contributed by atoms with Crippen molar-refractivity contribution in [3.8, 4) is 11.8 Å². The van der Waals surface area contributed by atoms with E-state index in [4.69, 9.17) is 5.73 Å². The Labute approximate surface area is 108 Å². The Morgan fingerprint density at radius 3 is 2.89 bits per heavy atom. The topological polar surface area (TPSA) is 55.1 Å². The van der Waals surface area contributed by atoms with Crippen molar-refractivity contribution in [1.29, 1.82) is 0 Å². The van der Waals surface area contributed by atoms with Crippen molar-refractivity contribution < 1.29 is 4.79 Å². The number of carbonyl (C=O) groups excluding carboxylic acids is 1. The molecule has 0 atom stereocenters. The average Bonchev–Trinajstić information content (AvgIpc) is 2.89. The van der Waals surface area contributed by atoms with Gasteiger partial charge in [0.25, 0.3) is 5.91 Å². The number of nitrogens with one attached hydrogen (secondary N) is 1.